The van der Waals surface area contributed by atoms with Gasteiger partial charge in [-0.15, -0.1) is 0 Å². The van der Waals surface area contributed by atoms with E-state index in [4.69, 9.17) is 5.10 Å². The second-order valence-electron chi connectivity index (χ2n) is 9.58. The molecule has 1 aliphatic heterocycles. The maximum atomic E-state index is 13.6. The van der Waals surface area contributed by atoms with Gasteiger partial charge in [-0.3, -0.25) is 9.80 Å². The van der Waals surface area contributed by atoms with Gasteiger partial charge in [-0.2, -0.15) is 5.10 Å². The molecular weight excluding hydrogens is 417 g/mol. The van der Waals surface area contributed by atoms with E-state index >= 15 is 0 Å². The lowest BCUT2D eigenvalue weighted by Crippen LogP contribution is -2.44. The standard InChI is InChI=1S/C27H36FN3O2/c1-4-5-12-23-24(26(33)29-18-9-17-27(2,3)19-32)25(20-13-15-21(28)16-14-20)30-31(23)22-10-7-6-8-11-22/h6-8,10-11,13-16,23-24,32H,4-5,9,12,17-19H2,1-3H3,(H,29,33)/t23-,24+/m0/s1. The Morgan fingerprint density at radius 3 is 2.45 bits per heavy atom. The number of carbonyl (C=O) groups excluding carboxylic acids is 1. The van der Waals surface area contributed by atoms with Gasteiger partial charge >= 0.3 is 0 Å². The Labute approximate surface area is 196 Å². The predicted molar refractivity (Wildman–Crippen MR) is 132 cm³/mol. The van der Waals surface area contributed by atoms with Crippen molar-refractivity contribution in [1.29, 1.82) is 0 Å². The molecule has 6 heteroatoms. The molecule has 0 spiro atoms. The second kappa shape index (κ2) is 11.4. The summed E-state index contributed by atoms with van der Waals surface area (Å²) in [6.45, 7) is 6.84. The molecule has 0 saturated carbocycles. The second-order valence-corrected chi connectivity index (χ2v) is 9.58. The summed E-state index contributed by atoms with van der Waals surface area (Å²) in [6.07, 6.45) is 4.44. The molecule has 5 nitrogen and oxygen atoms in total. The van der Waals surface area contributed by atoms with Crippen LogP contribution >= 0.6 is 0 Å². The van der Waals surface area contributed by atoms with E-state index in [0.717, 1.165) is 43.4 Å². The Balaban J connectivity index is 1.87. The van der Waals surface area contributed by atoms with Gasteiger partial charge in [0.15, 0.2) is 0 Å². The molecular formula is C27H36FN3O2. The number of aliphatic hydroxyl groups excluding tert-OH is 1. The number of benzene rings is 2. The van der Waals surface area contributed by atoms with E-state index in [-0.39, 0.29) is 29.8 Å². The molecule has 0 radical (unpaired) electrons. The van der Waals surface area contributed by atoms with Gasteiger partial charge in [-0.1, -0.05) is 63.9 Å². The summed E-state index contributed by atoms with van der Waals surface area (Å²) in [5.74, 6) is -0.820. The Hall–Kier alpha value is -2.73. The number of unbranched alkanes of at least 4 members (excludes halogenated alkanes) is 1. The molecule has 2 N–H and O–H groups in total. The number of nitrogens with zero attached hydrogens (tertiary/aromatic N) is 2. The molecule has 0 aromatic heterocycles. The first-order chi connectivity index (χ1) is 15.9. The third-order valence-electron chi connectivity index (χ3n) is 6.26. The zero-order chi connectivity index (χ0) is 23.8. The van der Waals surface area contributed by atoms with E-state index in [9.17, 15) is 14.3 Å². The van der Waals surface area contributed by atoms with Crippen LogP contribution in [0.25, 0.3) is 0 Å². The van der Waals surface area contributed by atoms with Crippen LogP contribution < -0.4 is 10.3 Å². The maximum Gasteiger partial charge on any atom is 0.231 e. The van der Waals surface area contributed by atoms with E-state index in [1.54, 1.807) is 12.1 Å². The van der Waals surface area contributed by atoms with Crippen molar-refractivity contribution in [1.82, 2.24) is 5.32 Å². The van der Waals surface area contributed by atoms with Crippen LogP contribution in [-0.4, -0.2) is 35.9 Å². The van der Waals surface area contributed by atoms with Crippen LogP contribution in [0.4, 0.5) is 10.1 Å². The molecule has 0 bridgehead atoms. The number of para-hydroxylation sites is 1. The predicted octanol–water partition coefficient (Wildman–Crippen LogP) is 5.14. The Bertz CT molecular complexity index is 928. The Morgan fingerprint density at radius 2 is 1.82 bits per heavy atom. The molecule has 1 aliphatic rings. The highest BCUT2D eigenvalue weighted by molar-refractivity contribution is 6.15. The smallest absolute Gasteiger partial charge is 0.231 e. The summed E-state index contributed by atoms with van der Waals surface area (Å²) < 4.78 is 13.6. The minimum absolute atomic E-state index is 0.0561. The lowest BCUT2D eigenvalue weighted by atomic mass is 9.87. The number of anilines is 1. The van der Waals surface area contributed by atoms with Crippen LogP contribution in [0.15, 0.2) is 59.7 Å². The first-order valence-corrected chi connectivity index (χ1v) is 11.9. The van der Waals surface area contributed by atoms with Crippen molar-refractivity contribution in [2.45, 2.75) is 58.9 Å². The van der Waals surface area contributed by atoms with Crippen molar-refractivity contribution < 1.29 is 14.3 Å². The molecule has 178 valence electrons. The fraction of sp³-hybridized carbons (Fsp3) is 0.481. The monoisotopic (exact) mass is 453 g/mol. The van der Waals surface area contributed by atoms with Crippen LogP contribution in [0.2, 0.25) is 0 Å². The highest BCUT2D eigenvalue weighted by Gasteiger charge is 2.42. The van der Waals surface area contributed by atoms with E-state index in [2.05, 4.69) is 12.2 Å². The fourth-order valence-corrected chi connectivity index (χ4v) is 4.23. The lowest BCUT2D eigenvalue weighted by molar-refractivity contribution is -0.123. The average Bonchev–Trinajstić information content (AvgIpc) is 3.21. The molecule has 1 amide bonds. The van der Waals surface area contributed by atoms with E-state index in [1.165, 1.54) is 12.1 Å². The molecule has 2 aromatic carbocycles. The van der Waals surface area contributed by atoms with Crippen molar-refractivity contribution in [3.8, 4) is 0 Å². The summed E-state index contributed by atoms with van der Waals surface area (Å²) in [4.78, 5) is 13.5. The maximum absolute atomic E-state index is 13.6. The van der Waals surface area contributed by atoms with Crippen LogP contribution in [0.3, 0.4) is 0 Å². The lowest BCUT2D eigenvalue weighted by Gasteiger charge is -2.28. The van der Waals surface area contributed by atoms with Crippen LogP contribution in [0.1, 0.15) is 58.4 Å². The van der Waals surface area contributed by atoms with E-state index in [0.29, 0.717) is 12.3 Å². The fourth-order valence-electron chi connectivity index (χ4n) is 4.23. The molecule has 3 rings (SSSR count). The third-order valence-corrected chi connectivity index (χ3v) is 6.26. The van der Waals surface area contributed by atoms with Gasteiger partial charge in [0.1, 0.15) is 11.7 Å². The van der Waals surface area contributed by atoms with Gasteiger partial charge in [0.25, 0.3) is 0 Å². The normalized spacial score (nSPS) is 18.3. The van der Waals surface area contributed by atoms with E-state index < -0.39 is 5.92 Å². The van der Waals surface area contributed by atoms with Crippen molar-refractivity contribution in [2.75, 3.05) is 18.2 Å². The zero-order valence-corrected chi connectivity index (χ0v) is 19.9. The number of hydrazone groups is 1. The SMILES string of the molecule is CCCC[C@H]1[C@@H](C(=O)NCCCC(C)(C)CO)C(c2ccc(F)cc2)=NN1c1ccccc1. The van der Waals surface area contributed by atoms with Gasteiger partial charge in [-0.25, -0.2) is 4.39 Å². The summed E-state index contributed by atoms with van der Waals surface area (Å²) in [7, 11) is 0. The van der Waals surface area contributed by atoms with Gasteiger partial charge in [0.2, 0.25) is 5.91 Å². The highest BCUT2D eigenvalue weighted by atomic mass is 19.1. The summed E-state index contributed by atoms with van der Waals surface area (Å²) in [5, 5.41) is 19.5. The third kappa shape index (κ3) is 6.41. The summed E-state index contributed by atoms with van der Waals surface area (Å²) in [6, 6.07) is 16.0. The van der Waals surface area contributed by atoms with E-state index in [1.807, 2.05) is 49.2 Å². The minimum Gasteiger partial charge on any atom is -0.396 e. The van der Waals surface area contributed by atoms with Gasteiger partial charge in [-0.05, 0) is 54.5 Å². The topological polar surface area (TPSA) is 64.9 Å². The number of hydrogen-bond acceptors (Lipinski definition) is 4. The first kappa shape index (κ1) is 24.9. The Kier molecular flexibility index (Phi) is 8.61. The number of hydrogen-bond donors (Lipinski definition) is 2. The van der Waals surface area contributed by atoms with Crippen molar-refractivity contribution in [3.05, 3.63) is 66.0 Å². The van der Waals surface area contributed by atoms with Gasteiger partial charge in [0.05, 0.1) is 17.4 Å². The first-order valence-electron chi connectivity index (χ1n) is 11.9. The molecule has 2 atom stereocenters. The summed E-state index contributed by atoms with van der Waals surface area (Å²) >= 11 is 0. The zero-order valence-electron chi connectivity index (χ0n) is 19.9. The van der Waals surface area contributed by atoms with Crippen LogP contribution in [0.5, 0.6) is 0 Å². The van der Waals surface area contributed by atoms with Crippen molar-refractivity contribution in [3.63, 3.8) is 0 Å². The molecule has 1 heterocycles. The molecule has 0 fully saturated rings. The number of nitrogens with one attached hydrogen (secondary N) is 1. The minimum atomic E-state index is -0.451. The number of rotatable bonds is 11. The highest BCUT2D eigenvalue weighted by Crippen LogP contribution is 2.34. The molecule has 33 heavy (non-hydrogen) atoms. The molecule has 0 saturated heterocycles. The van der Waals surface area contributed by atoms with Crippen molar-refractivity contribution >= 4 is 17.3 Å². The number of carbonyl (C=O) groups is 1. The largest absolute Gasteiger partial charge is 0.396 e. The molecule has 0 aliphatic carbocycles. The quantitative estimate of drug-likeness (QED) is 0.463. The number of aliphatic hydroxyl groups is 1. The average molecular weight is 454 g/mol. The number of halogens is 1. The van der Waals surface area contributed by atoms with Gasteiger partial charge in [0, 0.05) is 13.2 Å². The summed E-state index contributed by atoms with van der Waals surface area (Å²) in [5.41, 5.74) is 2.22. The molecule has 0 unspecified atom stereocenters. The number of amides is 1. The van der Waals surface area contributed by atoms with Crippen molar-refractivity contribution in [2.24, 2.45) is 16.4 Å². The Morgan fingerprint density at radius 1 is 1.12 bits per heavy atom. The van der Waals surface area contributed by atoms with Crippen LogP contribution in [0, 0.1) is 17.2 Å². The van der Waals surface area contributed by atoms with Gasteiger partial charge < -0.3 is 10.4 Å². The van der Waals surface area contributed by atoms with Crippen LogP contribution in [-0.2, 0) is 4.79 Å². The molecule has 2 aromatic rings.